The molecule has 0 saturated heterocycles. The molecule has 0 saturated carbocycles. The van der Waals surface area contributed by atoms with Crippen molar-refractivity contribution in [2.75, 3.05) is 6.61 Å². The van der Waals surface area contributed by atoms with E-state index in [2.05, 4.69) is 38.7 Å². The first kappa shape index (κ1) is 20.6. The molecular formula is C19H18BrN3O3S. The van der Waals surface area contributed by atoms with Crippen LogP contribution < -0.4 is 20.9 Å². The minimum absolute atomic E-state index is 0.0176. The lowest BCUT2D eigenvalue weighted by Gasteiger charge is -2.11. The summed E-state index contributed by atoms with van der Waals surface area (Å²) in [5, 5.41) is 2.48. The van der Waals surface area contributed by atoms with Crippen molar-refractivity contribution in [1.29, 1.82) is 0 Å². The maximum atomic E-state index is 12.2. The third kappa shape index (κ3) is 6.19. The van der Waals surface area contributed by atoms with E-state index < -0.39 is 5.91 Å². The maximum Gasteiger partial charge on any atom is 0.269 e. The number of nitrogens with one attached hydrogen (secondary N) is 3. The number of rotatable bonds is 5. The molecule has 6 nitrogen and oxygen atoms in total. The summed E-state index contributed by atoms with van der Waals surface area (Å²) in [4.78, 5) is 24.3. The van der Waals surface area contributed by atoms with Crippen molar-refractivity contribution < 1.29 is 14.3 Å². The Kier molecular flexibility index (Phi) is 7.51. The van der Waals surface area contributed by atoms with Gasteiger partial charge in [0.25, 0.3) is 11.8 Å². The van der Waals surface area contributed by atoms with Crippen LogP contribution in [0.2, 0.25) is 0 Å². The lowest BCUT2D eigenvalue weighted by molar-refractivity contribution is 0.0934. The SMILES string of the molecule is C=CCOc1ccc(C(=O)NNC(=S)NC(=O)c2ccc(C)c(Br)c2)cc1. The minimum Gasteiger partial charge on any atom is -0.490 e. The second-order valence-corrected chi connectivity index (χ2v) is 6.71. The predicted octanol–water partition coefficient (Wildman–Crippen LogP) is 3.27. The van der Waals surface area contributed by atoms with Gasteiger partial charge in [0.05, 0.1) is 0 Å². The summed E-state index contributed by atoms with van der Waals surface area (Å²) in [6.07, 6.45) is 1.63. The number of amides is 2. The Morgan fingerprint density at radius 3 is 2.41 bits per heavy atom. The zero-order chi connectivity index (χ0) is 19.8. The maximum absolute atomic E-state index is 12.2. The molecule has 0 aromatic heterocycles. The van der Waals surface area contributed by atoms with Gasteiger partial charge < -0.3 is 4.74 Å². The van der Waals surface area contributed by atoms with Crippen LogP contribution in [0.25, 0.3) is 0 Å². The Morgan fingerprint density at radius 2 is 1.78 bits per heavy atom. The van der Waals surface area contributed by atoms with Gasteiger partial charge in [-0.2, -0.15) is 0 Å². The summed E-state index contributed by atoms with van der Waals surface area (Å²) in [5.74, 6) is -0.155. The molecule has 2 aromatic carbocycles. The summed E-state index contributed by atoms with van der Waals surface area (Å²) >= 11 is 8.40. The molecule has 0 atom stereocenters. The summed E-state index contributed by atoms with van der Waals surface area (Å²) in [6, 6.07) is 11.8. The first-order valence-corrected chi connectivity index (χ1v) is 9.12. The fraction of sp³-hybridized carbons (Fsp3) is 0.105. The smallest absolute Gasteiger partial charge is 0.269 e. The summed E-state index contributed by atoms with van der Waals surface area (Å²) in [6.45, 7) is 5.88. The van der Waals surface area contributed by atoms with E-state index in [0.29, 0.717) is 23.5 Å². The molecule has 0 aliphatic heterocycles. The molecule has 0 heterocycles. The van der Waals surface area contributed by atoms with Crippen LogP contribution in [0.3, 0.4) is 0 Å². The Hall–Kier alpha value is -2.71. The van der Waals surface area contributed by atoms with Crippen LogP contribution >= 0.6 is 28.1 Å². The highest BCUT2D eigenvalue weighted by molar-refractivity contribution is 9.10. The number of hydrogen-bond donors (Lipinski definition) is 3. The molecular weight excluding hydrogens is 430 g/mol. The zero-order valence-electron chi connectivity index (χ0n) is 14.5. The number of carbonyl (C=O) groups is 2. The molecule has 0 spiro atoms. The normalized spacial score (nSPS) is 9.85. The molecule has 3 N–H and O–H groups in total. The van der Waals surface area contributed by atoms with Crippen molar-refractivity contribution in [2.24, 2.45) is 0 Å². The van der Waals surface area contributed by atoms with Gasteiger partial charge in [-0.1, -0.05) is 34.7 Å². The topological polar surface area (TPSA) is 79.5 Å². The van der Waals surface area contributed by atoms with Gasteiger partial charge in [-0.3, -0.25) is 25.8 Å². The number of halogens is 1. The van der Waals surface area contributed by atoms with Crippen molar-refractivity contribution in [2.45, 2.75) is 6.92 Å². The Balaban J connectivity index is 1.85. The van der Waals surface area contributed by atoms with Crippen molar-refractivity contribution in [3.8, 4) is 5.75 Å². The summed E-state index contributed by atoms with van der Waals surface area (Å²) < 4.78 is 6.17. The van der Waals surface area contributed by atoms with Crippen LogP contribution in [0.4, 0.5) is 0 Å². The number of hydrazine groups is 1. The van der Waals surface area contributed by atoms with E-state index in [1.807, 2.05) is 13.0 Å². The number of thiocarbonyl (C=S) groups is 1. The van der Waals surface area contributed by atoms with Gasteiger partial charge in [0.15, 0.2) is 5.11 Å². The van der Waals surface area contributed by atoms with E-state index in [9.17, 15) is 9.59 Å². The van der Waals surface area contributed by atoms with E-state index >= 15 is 0 Å². The molecule has 2 rings (SSSR count). The number of ether oxygens (including phenoxy) is 1. The van der Waals surface area contributed by atoms with Gasteiger partial charge in [0.1, 0.15) is 12.4 Å². The third-order valence-electron chi connectivity index (χ3n) is 3.44. The lowest BCUT2D eigenvalue weighted by Crippen LogP contribution is -2.48. The molecule has 27 heavy (non-hydrogen) atoms. The predicted molar refractivity (Wildman–Crippen MR) is 112 cm³/mol. The first-order chi connectivity index (χ1) is 12.9. The largest absolute Gasteiger partial charge is 0.490 e. The summed E-state index contributed by atoms with van der Waals surface area (Å²) in [5.41, 5.74) is 6.79. The minimum atomic E-state index is -0.403. The second kappa shape index (κ2) is 9.84. The molecule has 0 aliphatic rings. The van der Waals surface area contributed by atoms with Crippen molar-refractivity contribution in [3.05, 3.63) is 76.3 Å². The number of aryl methyl sites for hydroxylation is 1. The van der Waals surface area contributed by atoms with Gasteiger partial charge in [-0.25, -0.2) is 0 Å². The Morgan fingerprint density at radius 1 is 1.11 bits per heavy atom. The molecule has 0 bridgehead atoms. The van der Waals surface area contributed by atoms with Crippen LogP contribution in [-0.4, -0.2) is 23.5 Å². The highest BCUT2D eigenvalue weighted by atomic mass is 79.9. The molecule has 0 unspecified atom stereocenters. The van der Waals surface area contributed by atoms with Crippen LogP contribution in [-0.2, 0) is 0 Å². The molecule has 8 heteroatoms. The van der Waals surface area contributed by atoms with E-state index in [-0.39, 0.29) is 11.0 Å². The molecule has 2 aromatic rings. The van der Waals surface area contributed by atoms with Crippen LogP contribution in [0.1, 0.15) is 26.3 Å². The Bertz CT molecular complexity index is 869. The highest BCUT2D eigenvalue weighted by Crippen LogP contribution is 2.17. The van der Waals surface area contributed by atoms with Crippen molar-refractivity contribution >= 4 is 45.1 Å². The second-order valence-electron chi connectivity index (χ2n) is 5.45. The van der Waals surface area contributed by atoms with Crippen molar-refractivity contribution in [1.82, 2.24) is 16.2 Å². The van der Waals surface area contributed by atoms with Gasteiger partial charge in [0, 0.05) is 15.6 Å². The fourth-order valence-corrected chi connectivity index (χ4v) is 2.51. The molecule has 0 fully saturated rings. The van der Waals surface area contributed by atoms with Crippen LogP contribution in [0, 0.1) is 6.92 Å². The molecule has 0 radical (unpaired) electrons. The Labute approximate surface area is 171 Å². The van der Waals surface area contributed by atoms with Crippen LogP contribution in [0.15, 0.2) is 59.6 Å². The van der Waals surface area contributed by atoms with E-state index in [1.54, 1.807) is 42.5 Å². The van der Waals surface area contributed by atoms with E-state index in [0.717, 1.165) is 10.0 Å². The zero-order valence-corrected chi connectivity index (χ0v) is 16.9. The van der Waals surface area contributed by atoms with Gasteiger partial charge in [-0.05, 0) is 61.1 Å². The van der Waals surface area contributed by atoms with Gasteiger partial charge in [-0.15, -0.1) is 0 Å². The molecule has 140 valence electrons. The molecule has 0 aliphatic carbocycles. The molecule has 2 amide bonds. The van der Waals surface area contributed by atoms with E-state index in [1.165, 1.54) is 0 Å². The lowest BCUT2D eigenvalue weighted by atomic mass is 10.1. The number of hydrogen-bond acceptors (Lipinski definition) is 4. The standard InChI is InChI=1S/C19H18BrN3O3S/c1-3-10-26-15-8-6-13(7-9-15)18(25)22-23-19(27)21-17(24)14-5-4-12(2)16(20)11-14/h3-9,11H,1,10H2,2H3,(H,22,25)(H2,21,23,24,27). The van der Waals surface area contributed by atoms with Gasteiger partial charge in [0.2, 0.25) is 0 Å². The number of carbonyl (C=O) groups excluding carboxylic acids is 2. The summed E-state index contributed by atoms with van der Waals surface area (Å²) in [7, 11) is 0. The highest BCUT2D eigenvalue weighted by Gasteiger charge is 2.10. The van der Waals surface area contributed by atoms with Crippen molar-refractivity contribution in [3.63, 3.8) is 0 Å². The van der Waals surface area contributed by atoms with E-state index in [4.69, 9.17) is 17.0 Å². The third-order valence-corrected chi connectivity index (χ3v) is 4.49. The fourth-order valence-electron chi connectivity index (χ4n) is 1.98. The average molecular weight is 448 g/mol. The number of benzene rings is 2. The monoisotopic (exact) mass is 447 g/mol. The van der Waals surface area contributed by atoms with Gasteiger partial charge >= 0.3 is 0 Å². The average Bonchev–Trinajstić information content (AvgIpc) is 2.67. The van der Waals surface area contributed by atoms with Crippen LogP contribution in [0.5, 0.6) is 5.75 Å². The first-order valence-electron chi connectivity index (χ1n) is 7.92. The quantitative estimate of drug-likeness (QED) is 0.372.